The Morgan fingerprint density at radius 1 is 0.974 bits per heavy atom. The van der Waals surface area contributed by atoms with Crippen molar-refractivity contribution in [2.45, 2.75) is 36.6 Å². The van der Waals surface area contributed by atoms with Crippen LogP contribution in [-0.4, -0.2) is 32.5 Å². The number of amides is 3. The summed E-state index contributed by atoms with van der Waals surface area (Å²) in [6, 6.07) is 18.3. The molecule has 196 valence electrons. The zero-order valence-corrected chi connectivity index (χ0v) is 22.8. The number of nitrogens with one attached hydrogen (secondary N) is 1. The molecule has 2 aromatic heterocycles. The lowest BCUT2D eigenvalue weighted by atomic mass is 9.84. The van der Waals surface area contributed by atoms with Gasteiger partial charge >= 0.3 is 4.87 Å². The number of carbonyl (C=O) groups excluding carboxylic acids is 3. The first kappa shape index (κ1) is 25.3. The number of pyridine rings is 1. The van der Waals surface area contributed by atoms with Gasteiger partial charge in [0.25, 0.3) is 0 Å². The van der Waals surface area contributed by atoms with Crippen LogP contribution in [0.1, 0.15) is 27.5 Å². The fourth-order valence-electron chi connectivity index (χ4n) is 5.17. The van der Waals surface area contributed by atoms with Crippen LogP contribution in [0.15, 0.2) is 82.9 Å². The summed E-state index contributed by atoms with van der Waals surface area (Å²) in [6.07, 6.45) is 3.32. The predicted molar refractivity (Wildman–Crippen MR) is 151 cm³/mol. The molecule has 4 aromatic rings. The number of hydrogen-bond acceptors (Lipinski definition) is 7. The number of hydrogen-bond donors (Lipinski definition) is 1. The molecule has 3 unspecified atom stereocenters. The largest absolute Gasteiger partial charge is 0.324 e. The minimum atomic E-state index is -0.740. The van der Waals surface area contributed by atoms with Gasteiger partial charge in [-0.15, -0.1) is 0 Å². The van der Waals surface area contributed by atoms with Crippen LogP contribution in [0.4, 0.5) is 11.4 Å². The quantitative estimate of drug-likeness (QED) is 0.367. The first-order valence-electron chi connectivity index (χ1n) is 12.4. The Labute approximate surface area is 232 Å². The number of benzene rings is 2. The number of nitrogens with zero attached hydrogens (tertiary/aromatic N) is 3. The van der Waals surface area contributed by atoms with Crippen LogP contribution < -0.4 is 15.1 Å². The van der Waals surface area contributed by atoms with Crippen LogP contribution in [-0.2, 0) is 20.9 Å². The Hall–Kier alpha value is -4.02. The molecule has 6 rings (SSSR count). The number of aryl methyl sites for hydroxylation is 2. The summed E-state index contributed by atoms with van der Waals surface area (Å²) in [7, 11) is 0. The molecule has 3 atom stereocenters. The molecule has 10 heteroatoms. The third-order valence-corrected chi connectivity index (χ3v) is 9.71. The summed E-state index contributed by atoms with van der Waals surface area (Å²) in [4.78, 5) is 59.7. The van der Waals surface area contributed by atoms with E-state index >= 15 is 0 Å². The van der Waals surface area contributed by atoms with Crippen molar-refractivity contribution in [3.63, 3.8) is 0 Å². The Bertz CT molecular complexity index is 1660. The predicted octanol–water partition coefficient (Wildman–Crippen LogP) is 4.36. The van der Waals surface area contributed by atoms with Crippen LogP contribution in [0.3, 0.4) is 0 Å². The lowest BCUT2D eigenvalue weighted by Crippen LogP contribution is -2.33. The van der Waals surface area contributed by atoms with Crippen LogP contribution in [0.5, 0.6) is 0 Å². The van der Waals surface area contributed by atoms with E-state index in [1.165, 1.54) is 21.2 Å². The van der Waals surface area contributed by atoms with Gasteiger partial charge in [0.1, 0.15) is 11.8 Å². The van der Waals surface area contributed by atoms with Gasteiger partial charge < -0.3 is 5.32 Å². The Morgan fingerprint density at radius 3 is 2.46 bits per heavy atom. The highest BCUT2D eigenvalue weighted by molar-refractivity contribution is 8.00. The highest BCUT2D eigenvalue weighted by Crippen LogP contribution is 2.53. The van der Waals surface area contributed by atoms with Gasteiger partial charge in [0, 0.05) is 28.9 Å². The van der Waals surface area contributed by atoms with Crippen LogP contribution in [0.2, 0.25) is 0 Å². The molecule has 0 aliphatic carbocycles. The molecule has 39 heavy (non-hydrogen) atoms. The number of anilines is 2. The lowest BCUT2D eigenvalue weighted by Gasteiger charge is -2.30. The maximum atomic E-state index is 13.9. The van der Waals surface area contributed by atoms with E-state index in [9.17, 15) is 19.2 Å². The van der Waals surface area contributed by atoms with Gasteiger partial charge in [-0.2, -0.15) is 0 Å². The minimum Gasteiger partial charge on any atom is -0.324 e. The molecule has 1 N–H and O–H groups in total. The number of carbonyl (C=O) groups is 3. The second-order valence-electron chi connectivity index (χ2n) is 9.66. The topological polar surface area (TPSA) is 101 Å². The molecule has 0 radical (unpaired) electrons. The van der Waals surface area contributed by atoms with Crippen molar-refractivity contribution in [2.24, 2.45) is 5.92 Å². The van der Waals surface area contributed by atoms with Gasteiger partial charge in [-0.05, 0) is 49.2 Å². The third kappa shape index (κ3) is 4.39. The fourth-order valence-corrected chi connectivity index (χ4v) is 7.94. The number of imide groups is 1. The molecule has 3 amide bonds. The number of aromatic nitrogens is 2. The summed E-state index contributed by atoms with van der Waals surface area (Å²) in [6.45, 7) is 3.64. The zero-order valence-electron chi connectivity index (χ0n) is 21.2. The number of para-hydroxylation sites is 1. The van der Waals surface area contributed by atoms with Gasteiger partial charge in [0.15, 0.2) is 0 Å². The third-order valence-electron chi connectivity index (χ3n) is 7.11. The van der Waals surface area contributed by atoms with E-state index in [0.717, 1.165) is 28.0 Å². The molecule has 1 fully saturated rings. The maximum absolute atomic E-state index is 13.9. The van der Waals surface area contributed by atoms with Crippen molar-refractivity contribution >= 4 is 52.2 Å². The van der Waals surface area contributed by atoms with E-state index in [0.29, 0.717) is 21.3 Å². The second-order valence-corrected chi connectivity index (χ2v) is 11.8. The summed E-state index contributed by atoms with van der Waals surface area (Å²) < 4.78 is 1.42. The first-order chi connectivity index (χ1) is 18.8. The number of rotatable bonds is 5. The smallest absolute Gasteiger partial charge is 0.308 e. The van der Waals surface area contributed by atoms with E-state index in [1.807, 2.05) is 50.2 Å². The molecule has 0 spiro atoms. The van der Waals surface area contributed by atoms with Crippen molar-refractivity contribution in [3.8, 4) is 0 Å². The standard InChI is InChI=1S/C29H24N4O4S2/c1-16-9-11-19(12-10-16)33-26(35)23-22(18-7-5-13-30-14-18)25-28(38-24(23)27(33)36)32(29(37)39-25)15-21(34)31-20-8-4-3-6-17(20)2/h3-14,22-24H,15H2,1-2H3,(H,31,34). The zero-order chi connectivity index (χ0) is 27.3. The average Bonchev–Trinajstić information content (AvgIpc) is 3.37. The molecule has 8 nitrogen and oxygen atoms in total. The molecule has 4 heterocycles. The Kier molecular flexibility index (Phi) is 6.44. The van der Waals surface area contributed by atoms with Crippen molar-refractivity contribution < 1.29 is 14.4 Å². The molecule has 2 aliphatic heterocycles. The van der Waals surface area contributed by atoms with E-state index < -0.39 is 17.1 Å². The summed E-state index contributed by atoms with van der Waals surface area (Å²) in [5, 5.41) is 2.69. The SMILES string of the molecule is Cc1ccc(N2C(=O)C3Sc4c(sc(=O)n4CC(=O)Nc4ccccc4C)C(c4cccnc4)C3C2=O)cc1. The highest BCUT2D eigenvalue weighted by atomic mass is 32.2. The number of fused-ring (bicyclic) bond motifs is 2. The van der Waals surface area contributed by atoms with Gasteiger partial charge in [0.2, 0.25) is 17.7 Å². The van der Waals surface area contributed by atoms with Crippen molar-refractivity contribution in [1.82, 2.24) is 9.55 Å². The fraction of sp³-hybridized carbons (Fsp3) is 0.207. The molecule has 0 bridgehead atoms. The van der Waals surface area contributed by atoms with Gasteiger partial charge in [-0.1, -0.05) is 65.1 Å². The van der Waals surface area contributed by atoms with E-state index in [2.05, 4.69) is 10.3 Å². The molecular weight excluding hydrogens is 532 g/mol. The van der Waals surface area contributed by atoms with Crippen molar-refractivity contribution in [1.29, 1.82) is 0 Å². The average molecular weight is 557 g/mol. The van der Waals surface area contributed by atoms with Crippen LogP contribution >= 0.6 is 23.1 Å². The lowest BCUT2D eigenvalue weighted by molar-refractivity contribution is -0.122. The molecule has 2 aromatic carbocycles. The van der Waals surface area contributed by atoms with Gasteiger partial charge in [-0.3, -0.25) is 28.7 Å². The Morgan fingerprint density at radius 2 is 1.74 bits per heavy atom. The number of thiazole rings is 1. The van der Waals surface area contributed by atoms with E-state index in [1.54, 1.807) is 36.7 Å². The number of thioether (sulfide) groups is 1. The minimum absolute atomic E-state index is 0.201. The monoisotopic (exact) mass is 556 g/mol. The van der Waals surface area contributed by atoms with Crippen LogP contribution in [0.25, 0.3) is 0 Å². The Balaban J connectivity index is 1.40. The van der Waals surface area contributed by atoms with E-state index in [-0.39, 0.29) is 29.1 Å². The molecular formula is C29H24N4O4S2. The molecule has 1 saturated heterocycles. The summed E-state index contributed by atoms with van der Waals surface area (Å²) in [5.41, 5.74) is 3.87. The van der Waals surface area contributed by atoms with Crippen molar-refractivity contribution in [2.75, 3.05) is 10.2 Å². The van der Waals surface area contributed by atoms with E-state index in [4.69, 9.17) is 0 Å². The van der Waals surface area contributed by atoms with Crippen LogP contribution in [0, 0.1) is 19.8 Å². The first-order valence-corrected chi connectivity index (χ1v) is 14.1. The second kappa shape index (κ2) is 9.94. The van der Waals surface area contributed by atoms with Crippen molar-refractivity contribution in [3.05, 3.63) is 104 Å². The summed E-state index contributed by atoms with van der Waals surface area (Å²) >= 11 is 2.22. The highest BCUT2D eigenvalue weighted by Gasteiger charge is 2.56. The van der Waals surface area contributed by atoms with Gasteiger partial charge in [-0.25, -0.2) is 4.90 Å². The maximum Gasteiger partial charge on any atom is 0.308 e. The summed E-state index contributed by atoms with van der Waals surface area (Å²) in [5.74, 6) is -2.21. The molecule has 0 saturated carbocycles. The molecule has 2 aliphatic rings. The van der Waals surface area contributed by atoms with Gasteiger partial charge in [0.05, 0.1) is 16.6 Å². The normalized spacial score (nSPS) is 20.1.